The third kappa shape index (κ3) is 27.6. The van der Waals surface area contributed by atoms with Crippen LogP contribution in [0.15, 0.2) is 152 Å². The fourth-order valence-electron chi connectivity index (χ4n) is 16.8. The molecule has 6 aromatic carbocycles. The minimum absolute atomic E-state index is 0.00594. The summed E-state index contributed by atoms with van der Waals surface area (Å²) in [6.07, 6.45) is 0.750. The van der Waals surface area contributed by atoms with Crippen LogP contribution in [0.4, 0.5) is 13.2 Å². The van der Waals surface area contributed by atoms with E-state index in [0.717, 1.165) is 14.7 Å². The molecular weight excluding hydrogens is 1750 g/mol. The number of primary amides is 1. The monoisotopic (exact) mass is 1870 g/mol. The van der Waals surface area contributed by atoms with Gasteiger partial charge in [0.25, 0.3) is 0 Å². The van der Waals surface area contributed by atoms with Gasteiger partial charge in [-0.25, -0.2) is 13.2 Å². The summed E-state index contributed by atoms with van der Waals surface area (Å²) >= 11 is 0.689. The highest BCUT2D eigenvalue weighted by Gasteiger charge is 2.46. The fourth-order valence-corrected chi connectivity index (χ4v) is 17.7. The first-order valence-electron chi connectivity index (χ1n) is 44.8. The Kier molecular flexibility index (Phi) is 37.0. The second-order valence-electron chi connectivity index (χ2n) is 34.9. The first-order chi connectivity index (χ1) is 63.9. The van der Waals surface area contributed by atoms with Gasteiger partial charge in [-0.3, -0.25) is 71.9 Å². The van der Waals surface area contributed by atoms with Crippen molar-refractivity contribution >= 4 is 111 Å². The number of carbonyl (C=O) groups excluding carboxylic acids is 15. The summed E-state index contributed by atoms with van der Waals surface area (Å²) in [6.45, 7) is 6.56. The highest BCUT2D eigenvalue weighted by atomic mass is 32.2. The van der Waals surface area contributed by atoms with Crippen molar-refractivity contribution in [3.63, 3.8) is 0 Å². The van der Waals surface area contributed by atoms with Crippen LogP contribution in [0.25, 0.3) is 10.9 Å². The molecule has 3 aliphatic heterocycles. The summed E-state index contributed by atoms with van der Waals surface area (Å²) in [7, 11) is 3.86. The lowest BCUT2D eigenvalue weighted by atomic mass is 9.98. The molecule has 3 fully saturated rings. The van der Waals surface area contributed by atoms with Gasteiger partial charge in [0.1, 0.15) is 90.0 Å². The number of phenols is 2. The molecule has 1 aromatic heterocycles. The van der Waals surface area contributed by atoms with Crippen LogP contribution in [0.1, 0.15) is 119 Å². The molecule has 134 heavy (non-hydrogen) atoms. The number of unbranched alkanes of at least 4 members (excludes halogenated alkanes) is 1. The number of rotatable bonds is 22. The molecule has 15 N–H and O–H groups in total. The van der Waals surface area contributed by atoms with Crippen LogP contribution in [0.3, 0.4) is 0 Å². The maximum atomic E-state index is 15.8. The lowest BCUT2D eigenvalue weighted by Gasteiger charge is -2.38. The maximum Gasteiger partial charge on any atom is 0.246 e. The Hall–Kier alpha value is -13.4. The second-order valence-corrected chi connectivity index (χ2v) is 35.9. The van der Waals surface area contributed by atoms with Gasteiger partial charge in [0.15, 0.2) is 17.5 Å². The first kappa shape index (κ1) is 103. The van der Waals surface area contributed by atoms with Crippen molar-refractivity contribution in [3.05, 3.63) is 203 Å². The predicted molar refractivity (Wildman–Crippen MR) is 491 cm³/mol. The summed E-state index contributed by atoms with van der Waals surface area (Å²) in [5, 5.41) is 56.6. The Bertz CT molecular complexity index is 5330. The van der Waals surface area contributed by atoms with E-state index in [1.807, 2.05) is 6.92 Å². The van der Waals surface area contributed by atoms with Crippen molar-refractivity contribution in [3.8, 4) is 11.5 Å². The van der Waals surface area contributed by atoms with E-state index < -0.39 is 228 Å². The van der Waals surface area contributed by atoms with E-state index in [1.54, 1.807) is 119 Å². The summed E-state index contributed by atoms with van der Waals surface area (Å²) in [5.41, 5.74) is 8.09. The second kappa shape index (κ2) is 48.3. The molecule has 0 unspecified atom stereocenters. The van der Waals surface area contributed by atoms with E-state index in [4.69, 9.17) is 5.73 Å². The molecule has 0 bridgehead atoms. The molecule has 3 aliphatic rings. The SMILES string of the molecule is CCCC[C@H]1C(=O)N2CCC[C@@H]2C(=O)N[C@@H](CO)C(=O)N[C@@H](C(C)C)C(=O)N(C)[C@@H](Cc2ccccc2)C(=O)N[C@@H](Cc2ccc(O)cc2)C(=O)N2CCC[C@@H]2C(=O)N[C@@H](Cc2c[nH]c3ccccc23)C(=O)N[C@@H](Cc2ccc(O)cc2)C(=O)N[C@@H](CC(C)C)C(=O)N[C@H](C(=O)NCC(N)=O)CSCC(=O)N[C@@H](Cc2cc(F)c(F)c(F)c2)C(=O)N(C)[C@@H](Cc2ccccc2)C(=O)N1C. The van der Waals surface area contributed by atoms with Crippen LogP contribution < -0.4 is 53.6 Å². The Morgan fingerprint density at radius 1 is 0.493 bits per heavy atom. The van der Waals surface area contributed by atoms with E-state index >= 15 is 56.7 Å². The van der Waals surface area contributed by atoms with Crippen molar-refractivity contribution < 1.29 is 100 Å². The quantitative estimate of drug-likeness (QED) is 0.0433. The molecule has 4 heterocycles. The molecule has 718 valence electrons. The van der Waals surface area contributed by atoms with Gasteiger partial charge in [0.2, 0.25) is 88.6 Å². The molecule has 34 nitrogen and oxygen atoms in total. The van der Waals surface area contributed by atoms with Gasteiger partial charge in [-0.1, -0.05) is 151 Å². The molecule has 0 spiro atoms. The van der Waals surface area contributed by atoms with Crippen LogP contribution >= 0.6 is 11.8 Å². The number of aliphatic hydroxyl groups is 1. The standard InChI is InChI=1S/C96H119F3N16O18S/c1-9-10-27-77-95(132)115-39-20-29-76(115)90(127)108-73(51-116)88(125)110-83(55(4)5)96(133)112(7)78(46-56-21-13-11-14-22-56)91(128)107-72(44-59-32-36-63(118)37-33-59)93(130)114-38-19-28-75(114)89(126)106-70(48-61-49-101-67-26-18-17-25-64(61)67)87(124)105-69(43-58-30-34-62(117)35-31-58)86(123)104-68(40-54(2)3)85(122)109-74(84(121)102-50-80(100)119)52-134-53-81(120)103-71(45-60-41-65(97)82(99)66(98)42-60)92(129)113(8)79(94(131)111(77)6)47-57-23-15-12-16-24-57/h11-18,21-26,30-37,41-42,49,54-55,68-79,83,101,116-118H,9-10,19-20,27-29,38-40,43-48,50-53H2,1-8H3,(H2,100,119)(H,102,121)(H,103,120)(H,104,123)(H,105,124)(H,106,126)(H,107,128)(H,108,127)(H,109,122)(H,110,125)/t68-,69-,70-,71-,72-,73-,74-,75+,76+,77-,78-,79-,83-/m0/s1. The number of aromatic hydroxyl groups is 2. The van der Waals surface area contributed by atoms with Gasteiger partial charge >= 0.3 is 0 Å². The molecule has 7 aromatic rings. The van der Waals surface area contributed by atoms with E-state index in [9.17, 15) is 43.7 Å². The molecule has 38 heteroatoms. The molecule has 15 amide bonds. The third-order valence-electron chi connectivity index (χ3n) is 24.2. The molecule has 0 radical (unpaired) electrons. The van der Waals surface area contributed by atoms with Crippen LogP contribution in [0, 0.1) is 29.3 Å². The number of nitrogens with one attached hydrogen (secondary N) is 10. The van der Waals surface area contributed by atoms with Crippen molar-refractivity contribution in [1.82, 2.24) is 77.3 Å². The minimum Gasteiger partial charge on any atom is -0.508 e. The van der Waals surface area contributed by atoms with E-state index in [1.165, 1.54) is 79.5 Å². The molecular formula is C96H119F3N16O18S. The number of halogens is 3. The number of para-hydroxylation sites is 1. The number of aliphatic hydroxyl groups excluding tert-OH is 1. The number of likely N-dealkylation sites (N-methyl/N-ethyl adjacent to an activating group) is 3. The summed E-state index contributed by atoms with van der Waals surface area (Å²) in [4.78, 5) is 234. The lowest BCUT2D eigenvalue weighted by molar-refractivity contribution is -0.152. The van der Waals surface area contributed by atoms with E-state index in [2.05, 4.69) is 52.8 Å². The Balaban J connectivity index is 1.05. The van der Waals surface area contributed by atoms with Gasteiger partial charge in [-0.2, -0.15) is 0 Å². The zero-order valence-corrected chi connectivity index (χ0v) is 76.9. The van der Waals surface area contributed by atoms with E-state index in [0.29, 0.717) is 75.5 Å². The van der Waals surface area contributed by atoms with Crippen molar-refractivity contribution in [2.45, 2.75) is 203 Å². The van der Waals surface area contributed by atoms with Gasteiger partial charge < -0.3 is 98.4 Å². The molecule has 10 rings (SSSR count). The van der Waals surface area contributed by atoms with E-state index in [-0.39, 0.29) is 101 Å². The number of benzene rings is 6. The highest BCUT2D eigenvalue weighted by Crippen LogP contribution is 2.29. The number of nitrogens with two attached hydrogens (primary N) is 1. The van der Waals surface area contributed by atoms with Crippen LogP contribution in [0.5, 0.6) is 11.5 Å². The van der Waals surface area contributed by atoms with Crippen LogP contribution in [0.2, 0.25) is 0 Å². The highest BCUT2D eigenvalue weighted by molar-refractivity contribution is 8.00. The number of hydrogen-bond acceptors (Lipinski definition) is 19. The molecule has 3 saturated heterocycles. The normalized spacial score (nSPS) is 23.5. The number of aromatic amines is 1. The smallest absolute Gasteiger partial charge is 0.246 e. The number of thioether (sulfide) groups is 1. The largest absolute Gasteiger partial charge is 0.508 e. The zero-order valence-electron chi connectivity index (χ0n) is 76.1. The van der Waals surface area contributed by atoms with Crippen molar-refractivity contribution in [2.24, 2.45) is 17.6 Å². The van der Waals surface area contributed by atoms with Gasteiger partial charge in [0.05, 0.1) is 18.9 Å². The third-order valence-corrected chi connectivity index (χ3v) is 25.2. The average molecular weight is 1870 g/mol. The lowest BCUT2D eigenvalue weighted by Crippen LogP contribution is -2.62. The van der Waals surface area contributed by atoms with Gasteiger partial charge in [-0.15, -0.1) is 11.8 Å². The number of hydrogen-bond donors (Lipinski definition) is 14. The Labute approximate surface area is 778 Å². The summed E-state index contributed by atoms with van der Waals surface area (Å²) in [5.74, 6) is -21.7. The first-order valence-corrected chi connectivity index (χ1v) is 46.0. The Morgan fingerprint density at radius 3 is 1.52 bits per heavy atom. The fraction of sp³-hybridized carbons (Fsp3) is 0.448. The van der Waals surface area contributed by atoms with Crippen molar-refractivity contribution in [1.29, 1.82) is 0 Å². The summed E-state index contributed by atoms with van der Waals surface area (Å²) < 4.78 is 45.1. The number of H-pyrrole nitrogens is 1. The Morgan fingerprint density at radius 2 is 0.963 bits per heavy atom. The number of carbonyl (C=O) groups is 15. The number of amides is 15. The predicted octanol–water partition coefficient (Wildman–Crippen LogP) is 3.33. The molecule has 13 atom stereocenters. The minimum atomic E-state index is -1.85. The zero-order chi connectivity index (χ0) is 97.3. The summed E-state index contributed by atoms with van der Waals surface area (Å²) in [6, 6.07) is 16.3. The average Bonchev–Trinajstić information content (AvgIpc) is 1.65. The number of fused-ring (bicyclic) bond motifs is 3. The van der Waals surface area contributed by atoms with Crippen LogP contribution in [-0.2, 0) is 110 Å². The number of aromatic nitrogens is 1. The van der Waals surface area contributed by atoms with Crippen molar-refractivity contribution in [2.75, 3.05) is 58.9 Å². The number of phenolic OH excluding ortho intramolecular Hbond substituents is 2. The van der Waals surface area contributed by atoms with Crippen LogP contribution in [-0.4, -0.2) is 271 Å². The van der Waals surface area contributed by atoms with Gasteiger partial charge in [-0.05, 0) is 126 Å². The molecule has 0 saturated carbocycles. The molecule has 0 aliphatic carbocycles. The number of nitrogens with zero attached hydrogens (tertiary/aromatic N) is 5. The maximum absolute atomic E-state index is 15.8. The topological polar surface area (TPSA) is 483 Å². The van der Waals surface area contributed by atoms with Gasteiger partial charge in [0, 0.05) is 95.6 Å².